The summed E-state index contributed by atoms with van der Waals surface area (Å²) >= 11 is 4.35. The van der Waals surface area contributed by atoms with Gasteiger partial charge in [-0.05, 0) is 63.6 Å². The summed E-state index contributed by atoms with van der Waals surface area (Å²) in [7, 11) is 0. The number of halogens is 1. The maximum atomic E-state index is 12.6. The van der Waals surface area contributed by atoms with Crippen LogP contribution in [0.1, 0.15) is 5.56 Å². The van der Waals surface area contributed by atoms with E-state index < -0.39 is 0 Å². The fourth-order valence-corrected chi connectivity index (χ4v) is 3.82. The highest BCUT2D eigenvalue weighted by molar-refractivity contribution is 9.10. The number of thioether (sulfide) groups is 1. The third-order valence-corrected chi connectivity index (χ3v) is 5.47. The average molecular weight is 433 g/mol. The molecule has 2 heterocycles. The molecule has 1 fully saturated rings. The number of rotatable bonds is 4. The van der Waals surface area contributed by atoms with Gasteiger partial charge in [0.25, 0.3) is 11.1 Å². The van der Waals surface area contributed by atoms with Gasteiger partial charge in [0, 0.05) is 10.2 Å². The molecule has 0 atom stereocenters. The van der Waals surface area contributed by atoms with Crippen molar-refractivity contribution in [2.24, 2.45) is 0 Å². The summed E-state index contributed by atoms with van der Waals surface area (Å²) in [5.41, 5.74) is 1.59. The number of para-hydroxylation sites is 1. The van der Waals surface area contributed by atoms with Crippen LogP contribution in [-0.2, 0) is 4.79 Å². The Kier molecular flexibility index (Phi) is 4.60. The van der Waals surface area contributed by atoms with Crippen LogP contribution < -0.4 is 14.8 Å². The Labute approximate surface area is 162 Å². The van der Waals surface area contributed by atoms with Crippen LogP contribution in [0.2, 0.25) is 0 Å². The molecule has 0 spiro atoms. The molecule has 0 unspecified atom stereocenters. The number of nitrogens with zero attached hydrogens (tertiary/aromatic N) is 1. The Morgan fingerprint density at radius 1 is 1.15 bits per heavy atom. The molecule has 0 radical (unpaired) electrons. The smallest absolute Gasteiger partial charge is 0.295 e. The average Bonchev–Trinajstić information content (AvgIpc) is 3.19. The molecule has 0 aromatic heterocycles. The minimum Gasteiger partial charge on any atom is -0.454 e. The summed E-state index contributed by atoms with van der Waals surface area (Å²) < 4.78 is 11.5. The normalized spacial score (nSPS) is 17.3. The van der Waals surface area contributed by atoms with Crippen LogP contribution in [0, 0.1) is 0 Å². The Morgan fingerprint density at radius 2 is 1.96 bits per heavy atom. The van der Waals surface area contributed by atoms with Gasteiger partial charge in [-0.2, -0.15) is 0 Å². The van der Waals surface area contributed by atoms with E-state index in [4.69, 9.17) is 9.47 Å². The second-order valence-corrected chi connectivity index (χ2v) is 7.38. The molecule has 8 heteroatoms. The predicted octanol–water partition coefficient (Wildman–Crippen LogP) is 4.28. The molecule has 0 bridgehead atoms. The molecule has 26 heavy (non-hydrogen) atoms. The number of amides is 2. The zero-order valence-corrected chi connectivity index (χ0v) is 15.8. The fourth-order valence-electron chi connectivity index (χ4n) is 2.56. The number of carbonyl (C=O) groups excluding carboxylic acids is 2. The zero-order valence-electron chi connectivity index (χ0n) is 13.4. The fraction of sp³-hybridized carbons (Fsp3) is 0.111. The molecule has 4 rings (SSSR count). The highest BCUT2D eigenvalue weighted by atomic mass is 79.9. The molecule has 2 amide bonds. The lowest BCUT2D eigenvalue weighted by atomic mass is 10.2. The number of anilines is 1. The van der Waals surface area contributed by atoms with Crippen molar-refractivity contribution in [3.8, 4) is 11.5 Å². The molecule has 2 aromatic carbocycles. The van der Waals surface area contributed by atoms with Crippen LogP contribution in [-0.4, -0.2) is 29.5 Å². The SMILES string of the molecule is O=C1S/C(=C/c2ccc3c(c2)OCO3)C(=O)N1CNc1ccccc1Br. The number of imide groups is 1. The van der Waals surface area contributed by atoms with Crippen LogP contribution in [0.5, 0.6) is 11.5 Å². The van der Waals surface area contributed by atoms with Gasteiger partial charge >= 0.3 is 0 Å². The lowest BCUT2D eigenvalue weighted by Crippen LogP contribution is -2.33. The quantitative estimate of drug-likeness (QED) is 0.726. The van der Waals surface area contributed by atoms with Crippen LogP contribution in [0.3, 0.4) is 0 Å². The van der Waals surface area contributed by atoms with Crippen LogP contribution in [0.15, 0.2) is 51.8 Å². The van der Waals surface area contributed by atoms with Crippen molar-refractivity contribution >= 4 is 50.6 Å². The highest BCUT2D eigenvalue weighted by Crippen LogP contribution is 2.36. The standard InChI is InChI=1S/C18H13BrN2O4S/c19-12-3-1-2-4-13(12)20-9-21-17(22)16(26-18(21)23)8-11-5-6-14-15(7-11)25-10-24-14/h1-8,20H,9-10H2/b16-8+. The van der Waals surface area contributed by atoms with Crippen molar-refractivity contribution in [3.05, 3.63) is 57.4 Å². The first-order chi connectivity index (χ1) is 12.6. The van der Waals surface area contributed by atoms with Crippen LogP contribution in [0.4, 0.5) is 10.5 Å². The van der Waals surface area contributed by atoms with Crippen LogP contribution >= 0.6 is 27.7 Å². The van der Waals surface area contributed by atoms with Crippen molar-refractivity contribution in [2.45, 2.75) is 0 Å². The van der Waals surface area contributed by atoms with E-state index in [9.17, 15) is 9.59 Å². The number of ether oxygens (including phenoxy) is 2. The van der Waals surface area contributed by atoms with E-state index in [0.29, 0.717) is 16.4 Å². The van der Waals surface area contributed by atoms with Crippen molar-refractivity contribution in [3.63, 3.8) is 0 Å². The number of fused-ring (bicyclic) bond motifs is 1. The Morgan fingerprint density at radius 3 is 2.81 bits per heavy atom. The van der Waals surface area contributed by atoms with Gasteiger partial charge in [-0.3, -0.25) is 14.5 Å². The van der Waals surface area contributed by atoms with E-state index in [1.54, 1.807) is 18.2 Å². The number of carbonyl (C=O) groups is 2. The Hall–Kier alpha value is -2.45. The summed E-state index contributed by atoms with van der Waals surface area (Å²) in [4.78, 5) is 26.3. The molecule has 6 nitrogen and oxygen atoms in total. The van der Waals surface area contributed by atoms with E-state index >= 15 is 0 Å². The maximum absolute atomic E-state index is 12.6. The second kappa shape index (κ2) is 7.05. The molecule has 2 aliphatic heterocycles. The Balaban J connectivity index is 1.49. The lowest BCUT2D eigenvalue weighted by molar-refractivity contribution is -0.122. The Bertz CT molecular complexity index is 931. The first-order valence-corrected chi connectivity index (χ1v) is 9.36. The first-order valence-electron chi connectivity index (χ1n) is 7.75. The van der Waals surface area contributed by atoms with Gasteiger partial charge < -0.3 is 14.8 Å². The van der Waals surface area contributed by atoms with E-state index in [1.807, 2.05) is 30.3 Å². The number of hydrogen-bond acceptors (Lipinski definition) is 6. The van der Waals surface area contributed by atoms with Gasteiger partial charge in [-0.15, -0.1) is 0 Å². The summed E-state index contributed by atoms with van der Waals surface area (Å²) in [6, 6.07) is 12.9. The summed E-state index contributed by atoms with van der Waals surface area (Å²) in [5, 5.41) is 2.79. The van der Waals surface area contributed by atoms with E-state index in [0.717, 1.165) is 27.5 Å². The maximum Gasteiger partial charge on any atom is 0.295 e. The van der Waals surface area contributed by atoms with Gasteiger partial charge in [0.1, 0.15) is 0 Å². The monoisotopic (exact) mass is 432 g/mol. The largest absolute Gasteiger partial charge is 0.454 e. The van der Waals surface area contributed by atoms with Crippen molar-refractivity contribution < 1.29 is 19.1 Å². The predicted molar refractivity (Wildman–Crippen MR) is 103 cm³/mol. The van der Waals surface area contributed by atoms with Crippen molar-refractivity contribution in [1.82, 2.24) is 4.90 Å². The van der Waals surface area contributed by atoms with E-state index in [-0.39, 0.29) is 24.6 Å². The minimum atomic E-state index is -0.322. The lowest BCUT2D eigenvalue weighted by Gasteiger charge is -2.15. The third-order valence-electron chi connectivity index (χ3n) is 3.87. The molecule has 0 aliphatic carbocycles. The molecular formula is C18H13BrN2O4S. The van der Waals surface area contributed by atoms with Gasteiger partial charge in [0.15, 0.2) is 11.5 Å². The highest BCUT2D eigenvalue weighted by Gasteiger charge is 2.35. The topological polar surface area (TPSA) is 67.9 Å². The number of benzene rings is 2. The summed E-state index contributed by atoms with van der Waals surface area (Å²) in [6.45, 7) is 0.293. The summed E-state index contributed by atoms with van der Waals surface area (Å²) in [6.07, 6.45) is 1.69. The van der Waals surface area contributed by atoms with Crippen LogP contribution in [0.25, 0.3) is 6.08 Å². The molecular weight excluding hydrogens is 420 g/mol. The van der Waals surface area contributed by atoms with E-state index in [2.05, 4.69) is 21.2 Å². The molecule has 1 N–H and O–H groups in total. The summed E-state index contributed by atoms with van der Waals surface area (Å²) in [5.74, 6) is 0.985. The zero-order chi connectivity index (χ0) is 18.1. The third kappa shape index (κ3) is 3.30. The van der Waals surface area contributed by atoms with Gasteiger partial charge in [-0.25, -0.2) is 0 Å². The van der Waals surface area contributed by atoms with Crippen molar-refractivity contribution in [2.75, 3.05) is 18.8 Å². The molecule has 0 saturated carbocycles. The van der Waals surface area contributed by atoms with Gasteiger partial charge in [0.2, 0.25) is 6.79 Å². The number of hydrogen-bond donors (Lipinski definition) is 1. The van der Waals surface area contributed by atoms with Gasteiger partial charge in [-0.1, -0.05) is 18.2 Å². The molecule has 132 valence electrons. The molecule has 1 saturated heterocycles. The van der Waals surface area contributed by atoms with Crippen molar-refractivity contribution in [1.29, 1.82) is 0 Å². The van der Waals surface area contributed by atoms with E-state index in [1.165, 1.54) is 4.90 Å². The minimum absolute atomic E-state index is 0.103. The number of nitrogens with one attached hydrogen (secondary N) is 1. The molecule has 2 aliphatic rings. The second-order valence-electron chi connectivity index (χ2n) is 5.54. The first kappa shape index (κ1) is 17.0. The molecule has 2 aromatic rings. The van der Waals surface area contributed by atoms with Gasteiger partial charge in [0.05, 0.1) is 11.6 Å².